The van der Waals surface area contributed by atoms with Gasteiger partial charge in [0, 0.05) is 17.9 Å². The molecule has 1 aliphatic rings. The van der Waals surface area contributed by atoms with Crippen molar-refractivity contribution in [3.05, 3.63) is 48.3 Å². The number of para-hydroxylation sites is 1. The summed E-state index contributed by atoms with van der Waals surface area (Å²) in [5.41, 5.74) is 2.44. The first kappa shape index (κ1) is 11.5. The maximum Gasteiger partial charge on any atom is 0.0648 e. The number of nitrogens with one attached hydrogen (secondary N) is 1. The third-order valence-electron chi connectivity index (χ3n) is 3.34. The molecule has 1 heterocycles. The van der Waals surface area contributed by atoms with Crippen LogP contribution in [-0.2, 0) is 6.42 Å². The number of rotatable bonds is 6. The number of aromatic nitrogens is 2. The van der Waals surface area contributed by atoms with Gasteiger partial charge in [-0.2, -0.15) is 5.10 Å². The molecule has 0 atom stereocenters. The minimum Gasteiger partial charge on any atom is -0.314 e. The molecule has 18 heavy (non-hydrogen) atoms. The van der Waals surface area contributed by atoms with Gasteiger partial charge in [-0.05, 0) is 50.4 Å². The molecule has 0 saturated heterocycles. The third kappa shape index (κ3) is 2.79. The number of hydrogen-bond donors (Lipinski definition) is 1. The van der Waals surface area contributed by atoms with E-state index in [1.165, 1.54) is 25.0 Å². The van der Waals surface area contributed by atoms with Crippen molar-refractivity contribution in [2.24, 2.45) is 0 Å². The van der Waals surface area contributed by atoms with Crippen molar-refractivity contribution in [2.45, 2.75) is 31.7 Å². The summed E-state index contributed by atoms with van der Waals surface area (Å²) >= 11 is 0. The molecule has 0 radical (unpaired) electrons. The SMILES string of the molecule is c1ccc(-n2nccc2CCCNC2CC2)cc1. The molecule has 0 amide bonds. The lowest BCUT2D eigenvalue weighted by Gasteiger charge is -2.07. The Labute approximate surface area is 108 Å². The predicted octanol–water partition coefficient (Wildman–Crippen LogP) is 2.56. The first-order valence-corrected chi connectivity index (χ1v) is 6.75. The summed E-state index contributed by atoms with van der Waals surface area (Å²) in [4.78, 5) is 0. The van der Waals surface area contributed by atoms with Gasteiger partial charge in [-0.15, -0.1) is 0 Å². The minimum atomic E-state index is 0.809. The average molecular weight is 241 g/mol. The van der Waals surface area contributed by atoms with E-state index in [-0.39, 0.29) is 0 Å². The van der Waals surface area contributed by atoms with Crippen molar-refractivity contribution in [3.8, 4) is 5.69 Å². The van der Waals surface area contributed by atoms with E-state index >= 15 is 0 Å². The highest BCUT2D eigenvalue weighted by Crippen LogP contribution is 2.18. The lowest BCUT2D eigenvalue weighted by molar-refractivity contribution is 0.633. The van der Waals surface area contributed by atoms with Crippen LogP contribution in [0.25, 0.3) is 5.69 Å². The van der Waals surface area contributed by atoms with Crippen LogP contribution in [0.3, 0.4) is 0 Å². The molecular formula is C15H19N3. The Morgan fingerprint density at radius 1 is 1.17 bits per heavy atom. The van der Waals surface area contributed by atoms with E-state index in [4.69, 9.17) is 0 Å². The monoisotopic (exact) mass is 241 g/mol. The van der Waals surface area contributed by atoms with E-state index in [0.29, 0.717) is 0 Å². The Balaban J connectivity index is 1.60. The summed E-state index contributed by atoms with van der Waals surface area (Å²) < 4.78 is 2.04. The van der Waals surface area contributed by atoms with E-state index in [2.05, 4.69) is 40.7 Å². The fourth-order valence-corrected chi connectivity index (χ4v) is 2.18. The topological polar surface area (TPSA) is 29.9 Å². The van der Waals surface area contributed by atoms with Crippen molar-refractivity contribution in [1.29, 1.82) is 0 Å². The second-order valence-electron chi connectivity index (χ2n) is 4.90. The van der Waals surface area contributed by atoms with Crippen molar-refractivity contribution in [2.75, 3.05) is 6.54 Å². The zero-order valence-electron chi connectivity index (χ0n) is 10.5. The van der Waals surface area contributed by atoms with Gasteiger partial charge in [-0.1, -0.05) is 18.2 Å². The summed E-state index contributed by atoms with van der Waals surface area (Å²) in [6, 6.07) is 13.3. The van der Waals surface area contributed by atoms with Crippen LogP contribution >= 0.6 is 0 Å². The van der Waals surface area contributed by atoms with Gasteiger partial charge in [-0.3, -0.25) is 0 Å². The molecule has 0 aliphatic heterocycles. The van der Waals surface area contributed by atoms with Crippen LogP contribution in [0, 0.1) is 0 Å². The van der Waals surface area contributed by atoms with E-state index in [0.717, 1.165) is 24.7 Å². The molecule has 1 saturated carbocycles. The first-order valence-electron chi connectivity index (χ1n) is 6.75. The summed E-state index contributed by atoms with van der Waals surface area (Å²) in [6.45, 7) is 1.12. The van der Waals surface area contributed by atoms with Crippen LogP contribution in [0.15, 0.2) is 42.6 Å². The Morgan fingerprint density at radius 3 is 2.78 bits per heavy atom. The lowest BCUT2D eigenvalue weighted by Crippen LogP contribution is -2.18. The Morgan fingerprint density at radius 2 is 2.00 bits per heavy atom. The minimum absolute atomic E-state index is 0.809. The number of benzene rings is 1. The smallest absolute Gasteiger partial charge is 0.0648 e. The summed E-state index contributed by atoms with van der Waals surface area (Å²) in [7, 11) is 0. The van der Waals surface area contributed by atoms with E-state index in [9.17, 15) is 0 Å². The molecule has 0 bridgehead atoms. The molecule has 0 spiro atoms. The van der Waals surface area contributed by atoms with Gasteiger partial charge in [0.15, 0.2) is 0 Å². The van der Waals surface area contributed by atoms with Gasteiger partial charge in [0.05, 0.1) is 5.69 Å². The molecule has 1 N–H and O–H groups in total. The van der Waals surface area contributed by atoms with Gasteiger partial charge in [0.25, 0.3) is 0 Å². The normalized spacial score (nSPS) is 14.9. The molecular weight excluding hydrogens is 222 g/mol. The van der Waals surface area contributed by atoms with Crippen LogP contribution in [0.4, 0.5) is 0 Å². The molecule has 2 aromatic rings. The van der Waals surface area contributed by atoms with Crippen LogP contribution in [0.1, 0.15) is 25.0 Å². The van der Waals surface area contributed by atoms with Crippen LogP contribution < -0.4 is 5.32 Å². The molecule has 3 rings (SSSR count). The first-order chi connectivity index (χ1) is 8.93. The standard InChI is InChI=1S/C15H19N3/c1-2-5-14(6-3-1)18-15(10-12-17-18)7-4-11-16-13-8-9-13/h1-3,5-6,10,12-13,16H,4,7-9,11H2. The second kappa shape index (κ2) is 5.36. The van der Waals surface area contributed by atoms with E-state index < -0.39 is 0 Å². The Kier molecular flexibility index (Phi) is 3.42. The summed E-state index contributed by atoms with van der Waals surface area (Å²) in [5, 5.41) is 7.96. The van der Waals surface area contributed by atoms with Crippen molar-refractivity contribution in [1.82, 2.24) is 15.1 Å². The molecule has 1 aliphatic carbocycles. The summed E-state index contributed by atoms with van der Waals surface area (Å²) in [6.07, 6.45) is 6.87. The molecule has 94 valence electrons. The van der Waals surface area contributed by atoms with Crippen LogP contribution in [0.5, 0.6) is 0 Å². The molecule has 1 aromatic heterocycles. The Bertz CT molecular complexity index is 485. The van der Waals surface area contributed by atoms with Crippen molar-refractivity contribution < 1.29 is 0 Å². The van der Waals surface area contributed by atoms with Gasteiger partial charge in [-0.25, -0.2) is 4.68 Å². The third-order valence-corrected chi connectivity index (χ3v) is 3.34. The number of hydrogen-bond acceptors (Lipinski definition) is 2. The van der Waals surface area contributed by atoms with Gasteiger partial charge >= 0.3 is 0 Å². The van der Waals surface area contributed by atoms with Crippen LogP contribution in [0.2, 0.25) is 0 Å². The predicted molar refractivity (Wildman–Crippen MR) is 72.9 cm³/mol. The highest BCUT2D eigenvalue weighted by atomic mass is 15.3. The quantitative estimate of drug-likeness (QED) is 0.788. The fourth-order valence-electron chi connectivity index (χ4n) is 2.18. The highest BCUT2D eigenvalue weighted by molar-refractivity contribution is 5.32. The molecule has 3 heteroatoms. The zero-order valence-corrected chi connectivity index (χ0v) is 10.5. The Hall–Kier alpha value is -1.61. The van der Waals surface area contributed by atoms with Crippen LogP contribution in [-0.4, -0.2) is 22.4 Å². The largest absolute Gasteiger partial charge is 0.314 e. The van der Waals surface area contributed by atoms with Gasteiger partial charge < -0.3 is 5.32 Å². The maximum atomic E-state index is 4.41. The zero-order chi connectivity index (χ0) is 12.2. The molecule has 1 aromatic carbocycles. The summed E-state index contributed by atoms with van der Waals surface area (Å²) in [5.74, 6) is 0. The average Bonchev–Trinajstić information content (AvgIpc) is 3.12. The van der Waals surface area contributed by atoms with Gasteiger partial charge in [0.1, 0.15) is 0 Å². The highest BCUT2D eigenvalue weighted by Gasteiger charge is 2.19. The second-order valence-corrected chi connectivity index (χ2v) is 4.90. The van der Waals surface area contributed by atoms with E-state index in [1.54, 1.807) is 0 Å². The molecule has 0 unspecified atom stereocenters. The lowest BCUT2D eigenvalue weighted by atomic mass is 10.2. The van der Waals surface area contributed by atoms with Crippen molar-refractivity contribution >= 4 is 0 Å². The number of nitrogens with zero attached hydrogens (tertiary/aromatic N) is 2. The van der Waals surface area contributed by atoms with Gasteiger partial charge in [0.2, 0.25) is 0 Å². The van der Waals surface area contributed by atoms with Crippen molar-refractivity contribution in [3.63, 3.8) is 0 Å². The number of aryl methyl sites for hydroxylation is 1. The van der Waals surface area contributed by atoms with E-state index in [1.807, 2.05) is 16.9 Å². The fraction of sp³-hybridized carbons (Fsp3) is 0.400. The molecule has 3 nitrogen and oxygen atoms in total. The molecule has 1 fully saturated rings. The maximum absolute atomic E-state index is 4.41.